The molecule has 0 saturated heterocycles. The van der Waals surface area contributed by atoms with E-state index in [2.05, 4.69) is 5.10 Å². The molecular formula is C18H13F3N2O. The van der Waals surface area contributed by atoms with Gasteiger partial charge in [-0.25, -0.2) is 4.68 Å². The van der Waals surface area contributed by atoms with Crippen molar-refractivity contribution < 1.29 is 13.2 Å². The lowest BCUT2D eigenvalue weighted by Gasteiger charge is -2.10. The largest absolute Gasteiger partial charge is 0.416 e. The summed E-state index contributed by atoms with van der Waals surface area (Å²) in [7, 11) is 0. The van der Waals surface area contributed by atoms with Gasteiger partial charge in [-0.1, -0.05) is 42.5 Å². The maximum Gasteiger partial charge on any atom is 0.416 e. The number of aromatic nitrogens is 2. The fourth-order valence-electron chi connectivity index (χ4n) is 2.34. The molecule has 3 nitrogen and oxygen atoms in total. The third-order valence-corrected chi connectivity index (χ3v) is 3.52. The van der Waals surface area contributed by atoms with E-state index in [1.54, 1.807) is 12.1 Å². The normalized spacial score (nSPS) is 11.5. The smallest absolute Gasteiger partial charge is 0.268 e. The first kappa shape index (κ1) is 16.0. The first-order valence-corrected chi connectivity index (χ1v) is 7.23. The number of benzene rings is 2. The van der Waals surface area contributed by atoms with E-state index in [-0.39, 0.29) is 12.1 Å². The molecule has 0 aliphatic rings. The molecule has 0 aliphatic heterocycles. The van der Waals surface area contributed by atoms with E-state index in [1.807, 2.05) is 30.3 Å². The Balaban J connectivity index is 1.95. The first-order valence-electron chi connectivity index (χ1n) is 7.23. The molecule has 0 fully saturated rings. The van der Waals surface area contributed by atoms with Gasteiger partial charge in [0.15, 0.2) is 0 Å². The molecular weight excluding hydrogens is 317 g/mol. The van der Waals surface area contributed by atoms with Crippen LogP contribution in [0.15, 0.2) is 71.5 Å². The topological polar surface area (TPSA) is 34.9 Å². The zero-order valence-corrected chi connectivity index (χ0v) is 12.5. The predicted octanol–water partition coefficient (Wildman–Crippen LogP) is 3.98. The monoisotopic (exact) mass is 330 g/mol. The molecule has 1 aromatic heterocycles. The van der Waals surface area contributed by atoms with Gasteiger partial charge in [-0.05, 0) is 23.8 Å². The Kier molecular flexibility index (Phi) is 4.20. The minimum atomic E-state index is -4.42. The molecule has 0 unspecified atom stereocenters. The lowest BCUT2D eigenvalue weighted by Crippen LogP contribution is -2.23. The van der Waals surface area contributed by atoms with Crippen molar-refractivity contribution in [3.05, 3.63) is 88.2 Å². The van der Waals surface area contributed by atoms with Gasteiger partial charge in [-0.2, -0.15) is 18.3 Å². The lowest BCUT2D eigenvalue weighted by molar-refractivity contribution is -0.137. The molecule has 0 N–H and O–H groups in total. The summed E-state index contributed by atoms with van der Waals surface area (Å²) in [6.07, 6.45) is -4.42. The predicted molar refractivity (Wildman–Crippen MR) is 84.5 cm³/mol. The highest BCUT2D eigenvalue weighted by Crippen LogP contribution is 2.29. The van der Waals surface area contributed by atoms with Gasteiger partial charge in [0.1, 0.15) is 0 Å². The molecule has 2 aromatic carbocycles. The van der Waals surface area contributed by atoms with Crippen LogP contribution in [0.25, 0.3) is 11.3 Å². The maximum absolute atomic E-state index is 12.8. The van der Waals surface area contributed by atoms with Crippen LogP contribution >= 0.6 is 0 Å². The van der Waals surface area contributed by atoms with Gasteiger partial charge in [0.05, 0.1) is 17.8 Å². The lowest BCUT2D eigenvalue weighted by atomic mass is 10.1. The quantitative estimate of drug-likeness (QED) is 0.728. The van der Waals surface area contributed by atoms with E-state index >= 15 is 0 Å². The average Bonchev–Trinajstić information content (AvgIpc) is 2.57. The van der Waals surface area contributed by atoms with Crippen molar-refractivity contribution >= 4 is 0 Å². The summed E-state index contributed by atoms with van der Waals surface area (Å²) in [5, 5.41) is 4.25. The summed E-state index contributed by atoms with van der Waals surface area (Å²) in [5.74, 6) is 0. The van der Waals surface area contributed by atoms with Crippen molar-refractivity contribution in [3.63, 3.8) is 0 Å². The highest BCUT2D eigenvalue weighted by molar-refractivity contribution is 5.57. The van der Waals surface area contributed by atoms with E-state index in [0.29, 0.717) is 11.3 Å². The van der Waals surface area contributed by atoms with Crippen molar-refractivity contribution in [3.8, 4) is 11.3 Å². The van der Waals surface area contributed by atoms with Crippen LogP contribution in [-0.2, 0) is 12.7 Å². The van der Waals surface area contributed by atoms with Gasteiger partial charge in [-0.15, -0.1) is 0 Å². The van der Waals surface area contributed by atoms with E-state index < -0.39 is 11.7 Å². The van der Waals surface area contributed by atoms with Crippen molar-refractivity contribution in [2.45, 2.75) is 12.7 Å². The molecule has 0 saturated carbocycles. The second-order valence-electron chi connectivity index (χ2n) is 5.28. The zero-order valence-electron chi connectivity index (χ0n) is 12.5. The van der Waals surface area contributed by atoms with Crippen LogP contribution in [0.5, 0.6) is 0 Å². The van der Waals surface area contributed by atoms with Crippen LogP contribution in [0.3, 0.4) is 0 Å². The van der Waals surface area contributed by atoms with Crippen molar-refractivity contribution in [1.82, 2.24) is 9.78 Å². The minimum absolute atomic E-state index is 0.0244. The number of hydrogen-bond acceptors (Lipinski definition) is 2. The Morgan fingerprint density at radius 3 is 2.38 bits per heavy atom. The second-order valence-corrected chi connectivity index (χ2v) is 5.28. The summed E-state index contributed by atoms with van der Waals surface area (Å²) in [6, 6.07) is 17.1. The van der Waals surface area contributed by atoms with E-state index in [1.165, 1.54) is 12.1 Å². The molecule has 0 amide bonds. The fourth-order valence-corrected chi connectivity index (χ4v) is 2.34. The molecule has 0 bridgehead atoms. The molecule has 6 heteroatoms. The number of rotatable bonds is 3. The van der Waals surface area contributed by atoms with Gasteiger partial charge < -0.3 is 0 Å². The van der Waals surface area contributed by atoms with Crippen LogP contribution in [0, 0.1) is 0 Å². The number of nitrogens with zero attached hydrogens (tertiary/aromatic N) is 2. The van der Waals surface area contributed by atoms with Gasteiger partial charge in [0, 0.05) is 11.6 Å². The zero-order chi connectivity index (χ0) is 17.2. The third-order valence-electron chi connectivity index (χ3n) is 3.52. The first-order chi connectivity index (χ1) is 11.4. The SMILES string of the molecule is O=c1ccc(-c2ccccc2)nn1Cc1cccc(C(F)(F)F)c1. The van der Waals surface area contributed by atoms with Crippen molar-refractivity contribution in [1.29, 1.82) is 0 Å². The average molecular weight is 330 g/mol. The van der Waals surface area contributed by atoms with Gasteiger partial charge in [0.2, 0.25) is 0 Å². The summed E-state index contributed by atoms with van der Waals surface area (Å²) >= 11 is 0. The summed E-state index contributed by atoms with van der Waals surface area (Å²) in [6.45, 7) is -0.0244. The van der Waals surface area contributed by atoms with Crippen LogP contribution in [0.1, 0.15) is 11.1 Å². The van der Waals surface area contributed by atoms with Gasteiger partial charge in [-0.3, -0.25) is 4.79 Å². The molecule has 3 rings (SSSR count). The number of alkyl halides is 3. The summed E-state index contributed by atoms with van der Waals surface area (Å²) in [4.78, 5) is 12.0. The molecule has 0 spiro atoms. The van der Waals surface area contributed by atoms with Gasteiger partial charge >= 0.3 is 6.18 Å². The van der Waals surface area contributed by atoms with Crippen LogP contribution < -0.4 is 5.56 Å². The Morgan fingerprint density at radius 2 is 1.67 bits per heavy atom. The molecule has 3 aromatic rings. The molecule has 0 radical (unpaired) electrons. The highest BCUT2D eigenvalue weighted by Gasteiger charge is 2.30. The van der Waals surface area contributed by atoms with Gasteiger partial charge in [0.25, 0.3) is 5.56 Å². The summed E-state index contributed by atoms with van der Waals surface area (Å²) in [5.41, 5.74) is 0.668. The molecule has 24 heavy (non-hydrogen) atoms. The maximum atomic E-state index is 12.8. The Labute approximate surface area is 136 Å². The van der Waals surface area contributed by atoms with E-state index in [9.17, 15) is 18.0 Å². The van der Waals surface area contributed by atoms with Crippen molar-refractivity contribution in [2.24, 2.45) is 0 Å². The standard InChI is InChI=1S/C18H13F3N2O/c19-18(20,21)15-8-4-5-13(11-15)12-23-17(24)10-9-16(22-23)14-6-2-1-3-7-14/h1-11H,12H2. The Bertz CT molecular complexity index is 902. The van der Waals surface area contributed by atoms with Crippen LogP contribution in [0.4, 0.5) is 13.2 Å². The molecule has 122 valence electrons. The minimum Gasteiger partial charge on any atom is -0.268 e. The molecule has 0 atom stereocenters. The third kappa shape index (κ3) is 3.53. The van der Waals surface area contributed by atoms with E-state index in [4.69, 9.17) is 0 Å². The number of hydrogen-bond donors (Lipinski definition) is 0. The Morgan fingerprint density at radius 1 is 0.917 bits per heavy atom. The summed E-state index contributed by atoms with van der Waals surface area (Å²) < 4.78 is 39.5. The second kappa shape index (κ2) is 6.31. The highest BCUT2D eigenvalue weighted by atomic mass is 19.4. The van der Waals surface area contributed by atoms with E-state index in [0.717, 1.165) is 22.4 Å². The Hall–Kier alpha value is -2.89. The van der Waals surface area contributed by atoms with Crippen molar-refractivity contribution in [2.75, 3.05) is 0 Å². The molecule has 0 aliphatic carbocycles. The van der Waals surface area contributed by atoms with Crippen LogP contribution in [0.2, 0.25) is 0 Å². The van der Waals surface area contributed by atoms with Crippen LogP contribution in [-0.4, -0.2) is 9.78 Å². The number of halogens is 3. The fraction of sp³-hybridized carbons (Fsp3) is 0.111. The molecule has 1 heterocycles.